The molecule has 0 spiro atoms. The third-order valence-electron chi connectivity index (χ3n) is 5.60. The predicted octanol–water partition coefficient (Wildman–Crippen LogP) is -1.85. The van der Waals surface area contributed by atoms with E-state index in [-0.39, 0.29) is 19.8 Å². The molecule has 0 aromatic carbocycles. The highest BCUT2D eigenvalue weighted by Crippen LogP contribution is 2.24. The van der Waals surface area contributed by atoms with Crippen LogP contribution in [0.5, 0.6) is 0 Å². The van der Waals surface area contributed by atoms with Gasteiger partial charge in [-0.2, -0.15) is 0 Å². The van der Waals surface area contributed by atoms with Crippen molar-refractivity contribution in [2.24, 2.45) is 0 Å². The molecule has 0 aliphatic carbocycles. The summed E-state index contributed by atoms with van der Waals surface area (Å²) >= 11 is 0. The Bertz CT molecular complexity index is 593. The highest BCUT2D eigenvalue weighted by molar-refractivity contribution is 4.98. The van der Waals surface area contributed by atoms with Gasteiger partial charge in [0.1, 0.15) is 42.7 Å². The first-order chi connectivity index (χ1) is 14.9. The summed E-state index contributed by atoms with van der Waals surface area (Å²) in [5, 5.41) is 69.4. The average molecular weight is 467 g/mol. The second-order valence-corrected chi connectivity index (χ2v) is 9.15. The van der Waals surface area contributed by atoms with E-state index in [2.05, 4.69) is 0 Å². The minimum Gasteiger partial charge on any atom is -0.390 e. The van der Waals surface area contributed by atoms with E-state index in [0.29, 0.717) is 6.42 Å². The Balaban J connectivity index is 1.84. The molecule has 11 heteroatoms. The third kappa shape index (κ3) is 7.96. The molecule has 2 heterocycles. The van der Waals surface area contributed by atoms with E-state index in [1.54, 1.807) is 13.8 Å². The summed E-state index contributed by atoms with van der Waals surface area (Å²) in [4.78, 5) is 0. The summed E-state index contributed by atoms with van der Waals surface area (Å²) in [5.74, 6) is 0. The van der Waals surface area contributed by atoms with E-state index in [1.165, 1.54) is 0 Å². The standard InChI is InChI=1S/C21H38O11/c1-11(5-4-7-21(2,3)28)6-8-29-20-18(27)16(25)15(24)13(32-20)10-31-19-17(26)14(23)12(22)9-30-19/h6,12-20,22-28H,4-5,7-10H2,1-3H3/b11-6+/t12-,13+,14+,15+,16-,17+,18+,19-,20+/m0/s1. The number of allylic oxidation sites excluding steroid dienone is 1. The molecule has 0 radical (unpaired) electrons. The Morgan fingerprint density at radius 1 is 0.938 bits per heavy atom. The molecule has 2 fully saturated rings. The lowest BCUT2D eigenvalue weighted by Crippen LogP contribution is -2.60. The monoisotopic (exact) mass is 466 g/mol. The van der Waals surface area contributed by atoms with Crippen molar-refractivity contribution in [3.05, 3.63) is 11.6 Å². The van der Waals surface area contributed by atoms with Crippen LogP contribution in [-0.2, 0) is 18.9 Å². The normalized spacial score (nSPS) is 39.3. The van der Waals surface area contributed by atoms with Gasteiger partial charge < -0.3 is 54.7 Å². The summed E-state index contributed by atoms with van der Waals surface area (Å²) in [6, 6.07) is 0. The topological polar surface area (TPSA) is 179 Å². The highest BCUT2D eigenvalue weighted by Gasteiger charge is 2.45. The maximum Gasteiger partial charge on any atom is 0.187 e. The number of aliphatic hydroxyl groups excluding tert-OH is 6. The van der Waals surface area contributed by atoms with Gasteiger partial charge in [0.2, 0.25) is 0 Å². The summed E-state index contributed by atoms with van der Waals surface area (Å²) in [5.41, 5.74) is 0.311. The number of hydrogen-bond acceptors (Lipinski definition) is 11. The van der Waals surface area contributed by atoms with Gasteiger partial charge in [0.05, 0.1) is 25.4 Å². The summed E-state index contributed by atoms with van der Waals surface area (Å²) in [7, 11) is 0. The lowest BCUT2D eigenvalue weighted by atomic mass is 9.99. The number of rotatable bonds is 10. The quantitative estimate of drug-likeness (QED) is 0.180. The van der Waals surface area contributed by atoms with Crippen molar-refractivity contribution in [1.82, 2.24) is 0 Å². The summed E-state index contributed by atoms with van der Waals surface area (Å²) in [6.07, 6.45) is -8.29. The van der Waals surface area contributed by atoms with Crippen LogP contribution in [0.1, 0.15) is 40.0 Å². The fourth-order valence-electron chi connectivity index (χ4n) is 3.49. The molecule has 2 aliphatic heterocycles. The fourth-order valence-corrected chi connectivity index (χ4v) is 3.49. The molecule has 0 saturated carbocycles. The van der Waals surface area contributed by atoms with Crippen molar-refractivity contribution in [2.75, 3.05) is 19.8 Å². The van der Waals surface area contributed by atoms with Crippen LogP contribution in [0.3, 0.4) is 0 Å². The zero-order chi connectivity index (χ0) is 24.1. The Hall–Kier alpha value is -0.700. The SMILES string of the molecule is C/C(=C\CO[C@@H]1O[C@H](CO[C@@H]2OC[C@H](O)[C@@H](O)[C@H]2O)[C@@H](O)[C@H](O)[C@H]1O)CCCC(C)(C)O. The van der Waals surface area contributed by atoms with Gasteiger partial charge in [0.15, 0.2) is 12.6 Å². The maximum atomic E-state index is 10.2. The molecule has 0 bridgehead atoms. The molecule has 11 nitrogen and oxygen atoms in total. The molecule has 0 unspecified atom stereocenters. The Morgan fingerprint density at radius 3 is 2.25 bits per heavy atom. The molecular formula is C21H38O11. The van der Waals surface area contributed by atoms with Crippen molar-refractivity contribution in [3.8, 4) is 0 Å². The van der Waals surface area contributed by atoms with Crippen LogP contribution in [0, 0.1) is 0 Å². The molecule has 9 atom stereocenters. The lowest BCUT2D eigenvalue weighted by molar-refractivity contribution is -0.319. The smallest absolute Gasteiger partial charge is 0.187 e. The van der Waals surface area contributed by atoms with Crippen LogP contribution >= 0.6 is 0 Å². The molecule has 0 amide bonds. The van der Waals surface area contributed by atoms with Crippen LogP contribution in [-0.4, -0.2) is 116 Å². The van der Waals surface area contributed by atoms with E-state index in [0.717, 1.165) is 18.4 Å². The molecule has 7 N–H and O–H groups in total. The molecule has 2 rings (SSSR count). The van der Waals surface area contributed by atoms with E-state index < -0.39 is 60.9 Å². The number of ether oxygens (including phenoxy) is 4. The van der Waals surface area contributed by atoms with Crippen molar-refractivity contribution in [2.45, 2.75) is 101 Å². The summed E-state index contributed by atoms with van der Waals surface area (Å²) < 4.78 is 21.6. The van der Waals surface area contributed by atoms with Gasteiger partial charge in [-0.15, -0.1) is 0 Å². The van der Waals surface area contributed by atoms with Crippen molar-refractivity contribution >= 4 is 0 Å². The molecule has 0 aromatic rings. The van der Waals surface area contributed by atoms with Crippen LogP contribution in [0.15, 0.2) is 11.6 Å². The zero-order valence-electron chi connectivity index (χ0n) is 18.8. The first-order valence-corrected chi connectivity index (χ1v) is 10.9. The lowest BCUT2D eigenvalue weighted by Gasteiger charge is -2.41. The molecule has 188 valence electrons. The second kappa shape index (κ2) is 12.1. The number of aliphatic hydroxyl groups is 7. The minimum atomic E-state index is -1.55. The van der Waals surface area contributed by atoms with Crippen LogP contribution in [0.2, 0.25) is 0 Å². The van der Waals surface area contributed by atoms with Gasteiger partial charge in [-0.1, -0.05) is 11.6 Å². The van der Waals surface area contributed by atoms with Crippen molar-refractivity contribution in [1.29, 1.82) is 0 Å². The highest BCUT2D eigenvalue weighted by atomic mass is 16.7. The average Bonchev–Trinajstić information content (AvgIpc) is 2.71. The van der Waals surface area contributed by atoms with Gasteiger partial charge in [0.25, 0.3) is 0 Å². The zero-order valence-corrected chi connectivity index (χ0v) is 18.8. The molecule has 2 aliphatic rings. The van der Waals surface area contributed by atoms with Gasteiger partial charge >= 0.3 is 0 Å². The first kappa shape index (κ1) is 27.5. The largest absolute Gasteiger partial charge is 0.390 e. The third-order valence-corrected chi connectivity index (χ3v) is 5.60. The summed E-state index contributed by atoms with van der Waals surface area (Å²) in [6.45, 7) is 4.95. The molecule has 2 saturated heterocycles. The van der Waals surface area contributed by atoms with Crippen molar-refractivity contribution in [3.63, 3.8) is 0 Å². The Morgan fingerprint density at radius 2 is 1.59 bits per heavy atom. The van der Waals surface area contributed by atoms with E-state index in [9.17, 15) is 35.7 Å². The van der Waals surface area contributed by atoms with Crippen LogP contribution in [0.25, 0.3) is 0 Å². The van der Waals surface area contributed by atoms with Gasteiger partial charge in [-0.25, -0.2) is 0 Å². The van der Waals surface area contributed by atoms with Crippen LogP contribution < -0.4 is 0 Å². The molecular weight excluding hydrogens is 428 g/mol. The Kier molecular flexibility index (Phi) is 10.4. The van der Waals surface area contributed by atoms with Gasteiger partial charge in [-0.3, -0.25) is 0 Å². The van der Waals surface area contributed by atoms with E-state index in [1.807, 2.05) is 13.0 Å². The second-order valence-electron chi connectivity index (χ2n) is 9.15. The van der Waals surface area contributed by atoms with E-state index in [4.69, 9.17) is 18.9 Å². The van der Waals surface area contributed by atoms with E-state index >= 15 is 0 Å². The predicted molar refractivity (Wildman–Crippen MR) is 110 cm³/mol. The Labute approximate surface area is 187 Å². The van der Waals surface area contributed by atoms with Gasteiger partial charge in [0, 0.05) is 0 Å². The fraction of sp³-hybridized carbons (Fsp3) is 0.905. The van der Waals surface area contributed by atoms with Crippen LogP contribution in [0.4, 0.5) is 0 Å². The maximum absolute atomic E-state index is 10.2. The molecule has 32 heavy (non-hydrogen) atoms. The number of hydrogen-bond donors (Lipinski definition) is 7. The molecule has 0 aromatic heterocycles. The van der Waals surface area contributed by atoms with Crippen molar-refractivity contribution < 1.29 is 54.7 Å². The van der Waals surface area contributed by atoms with Gasteiger partial charge in [-0.05, 0) is 40.0 Å². The first-order valence-electron chi connectivity index (χ1n) is 10.9. The minimum absolute atomic E-state index is 0.0982.